The molecule has 1 aromatic carbocycles. The van der Waals surface area contributed by atoms with Gasteiger partial charge in [-0.15, -0.1) is 0 Å². The fraction of sp³-hybridized carbons (Fsp3) is 0.286. The number of hydrogen-bond donors (Lipinski definition) is 0. The molecule has 88 valence electrons. The average Bonchev–Trinajstić information content (AvgIpc) is 2.30. The van der Waals surface area contributed by atoms with Crippen LogP contribution >= 0.6 is 0 Å². The van der Waals surface area contributed by atoms with Crippen LogP contribution in [0.1, 0.15) is 19.4 Å². The third-order valence-electron chi connectivity index (χ3n) is 2.59. The van der Waals surface area contributed by atoms with E-state index >= 15 is 0 Å². The summed E-state index contributed by atoms with van der Waals surface area (Å²) in [6, 6.07) is 8.76. The van der Waals surface area contributed by atoms with Gasteiger partial charge in [0.15, 0.2) is 5.82 Å². The summed E-state index contributed by atoms with van der Waals surface area (Å²) in [7, 11) is 0. The number of hydrogen-bond acceptors (Lipinski definition) is 3. The Bertz CT molecular complexity index is 480. The molecule has 3 heteroatoms. The van der Waals surface area contributed by atoms with Gasteiger partial charge in [0.05, 0.1) is 6.20 Å². The molecular formula is C14H17N3. The zero-order valence-corrected chi connectivity index (χ0v) is 10.5. The molecule has 0 unspecified atom stereocenters. The van der Waals surface area contributed by atoms with E-state index in [0.29, 0.717) is 6.04 Å². The first-order chi connectivity index (χ1) is 8.18. The highest BCUT2D eigenvalue weighted by Gasteiger charge is 2.14. The second-order valence-electron chi connectivity index (χ2n) is 4.37. The Morgan fingerprint density at radius 1 is 1.18 bits per heavy atom. The first-order valence-electron chi connectivity index (χ1n) is 5.80. The van der Waals surface area contributed by atoms with Gasteiger partial charge < -0.3 is 4.90 Å². The Hall–Kier alpha value is -1.90. The van der Waals surface area contributed by atoms with E-state index in [0.717, 1.165) is 11.5 Å². The van der Waals surface area contributed by atoms with E-state index in [2.05, 4.69) is 59.9 Å². The lowest BCUT2D eigenvalue weighted by Gasteiger charge is -2.27. The van der Waals surface area contributed by atoms with Crippen LogP contribution in [0.25, 0.3) is 0 Å². The van der Waals surface area contributed by atoms with Gasteiger partial charge in [-0.25, -0.2) is 4.98 Å². The first kappa shape index (κ1) is 11.6. The van der Waals surface area contributed by atoms with Crippen LogP contribution in [0.3, 0.4) is 0 Å². The predicted molar refractivity (Wildman–Crippen MR) is 70.5 cm³/mol. The monoisotopic (exact) mass is 227 g/mol. The summed E-state index contributed by atoms with van der Waals surface area (Å²) in [6.07, 6.45) is 5.21. The smallest absolute Gasteiger partial charge is 0.151 e. The van der Waals surface area contributed by atoms with Crippen molar-refractivity contribution in [3.8, 4) is 0 Å². The summed E-state index contributed by atoms with van der Waals surface area (Å²) in [6.45, 7) is 6.40. The molecular weight excluding hydrogens is 210 g/mol. The van der Waals surface area contributed by atoms with E-state index < -0.39 is 0 Å². The summed E-state index contributed by atoms with van der Waals surface area (Å²) in [5.41, 5.74) is 2.40. The van der Waals surface area contributed by atoms with E-state index in [1.54, 1.807) is 18.6 Å². The van der Waals surface area contributed by atoms with Gasteiger partial charge in [0.25, 0.3) is 0 Å². The fourth-order valence-corrected chi connectivity index (χ4v) is 1.89. The van der Waals surface area contributed by atoms with Gasteiger partial charge in [0.1, 0.15) is 0 Å². The van der Waals surface area contributed by atoms with Gasteiger partial charge in [-0.2, -0.15) is 0 Å². The molecule has 0 saturated carbocycles. The third-order valence-corrected chi connectivity index (χ3v) is 2.59. The summed E-state index contributed by atoms with van der Waals surface area (Å²) in [5, 5.41) is 0. The largest absolute Gasteiger partial charge is 0.323 e. The van der Waals surface area contributed by atoms with Crippen molar-refractivity contribution in [3.63, 3.8) is 0 Å². The van der Waals surface area contributed by atoms with Crippen molar-refractivity contribution in [2.75, 3.05) is 4.90 Å². The molecule has 0 amide bonds. The van der Waals surface area contributed by atoms with Gasteiger partial charge in [-0.1, -0.05) is 12.1 Å². The summed E-state index contributed by atoms with van der Waals surface area (Å²) >= 11 is 0. The van der Waals surface area contributed by atoms with Gasteiger partial charge in [0.2, 0.25) is 0 Å². The maximum Gasteiger partial charge on any atom is 0.151 e. The highest BCUT2D eigenvalue weighted by atomic mass is 15.2. The summed E-state index contributed by atoms with van der Waals surface area (Å²) < 4.78 is 0. The fourth-order valence-electron chi connectivity index (χ4n) is 1.89. The van der Waals surface area contributed by atoms with Crippen molar-refractivity contribution < 1.29 is 0 Å². The van der Waals surface area contributed by atoms with Crippen LogP contribution < -0.4 is 4.90 Å². The normalized spacial score (nSPS) is 10.6. The summed E-state index contributed by atoms with van der Waals surface area (Å²) in [5.74, 6) is 0.883. The highest BCUT2D eigenvalue weighted by molar-refractivity contribution is 5.60. The van der Waals surface area contributed by atoms with Gasteiger partial charge in [-0.3, -0.25) is 4.98 Å². The number of aromatic nitrogens is 2. The van der Waals surface area contributed by atoms with Gasteiger partial charge in [0, 0.05) is 24.1 Å². The first-order valence-corrected chi connectivity index (χ1v) is 5.80. The molecule has 0 radical (unpaired) electrons. The SMILES string of the molecule is Cc1cccc(N(c2cnccn2)C(C)C)c1. The van der Waals surface area contributed by atoms with Crippen LogP contribution in [0.2, 0.25) is 0 Å². The topological polar surface area (TPSA) is 29.0 Å². The van der Waals surface area contributed by atoms with E-state index in [1.807, 2.05) is 0 Å². The molecule has 0 spiro atoms. The van der Waals surface area contributed by atoms with Crippen molar-refractivity contribution >= 4 is 11.5 Å². The molecule has 0 fully saturated rings. The van der Waals surface area contributed by atoms with Crippen molar-refractivity contribution in [1.82, 2.24) is 9.97 Å². The summed E-state index contributed by atoms with van der Waals surface area (Å²) in [4.78, 5) is 10.7. The molecule has 0 atom stereocenters. The van der Waals surface area contributed by atoms with Gasteiger partial charge in [-0.05, 0) is 38.5 Å². The predicted octanol–water partition coefficient (Wildman–Crippen LogP) is 3.33. The molecule has 2 aromatic rings. The molecule has 0 bridgehead atoms. The van der Waals surface area contributed by atoms with E-state index in [1.165, 1.54) is 5.56 Å². The molecule has 0 aliphatic carbocycles. The Morgan fingerprint density at radius 2 is 2.00 bits per heavy atom. The second-order valence-corrected chi connectivity index (χ2v) is 4.37. The van der Waals surface area contributed by atoms with Crippen LogP contribution in [0.5, 0.6) is 0 Å². The lowest BCUT2D eigenvalue weighted by atomic mass is 10.2. The van der Waals surface area contributed by atoms with Crippen LogP contribution in [0.15, 0.2) is 42.9 Å². The number of nitrogens with zero attached hydrogens (tertiary/aromatic N) is 3. The third kappa shape index (κ3) is 2.61. The second kappa shape index (κ2) is 4.95. The quantitative estimate of drug-likeness (QED) is 0.805. The highest BCUT2D eigenvalue weighted by Crippen LogP contribution is 2.25. The number of rotatable bonds is 3. The van der Waals surface area contributed by atoms with Crippen LogP contribution in [-0.2, 0) is 0 Å². The molecule has 1 aromatic heterocycles. The van der Waals surface area contributed by atoms with Crippen molar-refractivity contribution in [1.29, 1.82) is 0 Å². The maximum absolute atomic E-state index is 4.37. The minimum atomic E-state index is 0.341. The number of anilines is 2. The molecule has 0 aliphatic heterocycles. The zero-order valence-electron chi connectivity index (χ0n) is 10.5. The molecule has 1 heterocycles. The standard InChI is InChI=1S/C14H17N3/c1-11(2)17(14-10-15-7-8-16-14)13-6-4-5-12(3)9-13/h4-11H,1-3H3. The van der Waals surface area contributed by atoms with Gasteiger partial charge >= 0.3 is 0 Å². The minimum Gasteiger partial charge on any atom is -0.323 e. The van der Waals surface area contributed by atoms with Crippen molar-refractivity contribution in [2.24, 2.45) is 0 Å². The lowest BCUT2D eigenvalue weighted by Crippen LogP contribution is -2.26. The van der Waals surface area contributed by atoms with Crippen molar-refractivity contribution in [2.45, 2.75) is 26.8 Å². The molecule has 2 rings (SSSR count). The van der Waals surface area contributed by atoms with E-state index in [4.69, 9.17) is 0 Å². The molecule has 3 nitrogen and oxygen atoms in total. The van der Waals surface area contributed by atoms with Crippen LogP contribution in [-0.4, -0.2) is 16.0 Å². The lowest BCUT2D eigenvalue weighted by molar-refractivity contribution is 0.774. The maximum atomic E-state index is 4.37. The molecule has 0 saturated heterocycles. The number of aryl methyl sites for hydroxylation is 1. The number of benzene rings is 1. The molecule has 17 heavy (non-hydrogen) atoms. The average molecular weight is 227 g/mol. The Kier molecular flexibility index (Phi) is 3.38. The van der Waals surface area contributed by atoms with Crippen LogP contribution in [0, 0.1) is 6.92 Å². The molecule has 0 N–H and O–H groups in total. The molecule has 0 aliphatic rings. The van der Waals surface area contributed by atoms with Crippen molar-refractivity contribution in [3.05, 3.63) is 48.4 Å². The van der Waals surface area contributed by atoms with Crippen LogP contribution in [0.4, 0.5) is 11.5 Å². The zero-order chi connectivity index (χ0) is 12.3. The Morgan fingerprint density at radius 3 is 2.59 bits per heavy atom. The Balaban J connectivity index is 2.43. The van der Waals surface area contributed by atoms with E-state index in [9.17, 15) is 0 Å². The van der Waals surface area contributed by atoms with E-state index in [-0.39, 0.29) is 0 Å². The Labute approximate surface area is 102 Å². The minimum absolute atomic E-state index is 0.341.